The van der Waals surface area contributed by atoms with Gasteiger partial charge in [-0.05, 0) is 94.3 Å². The Morgan fingerprint density at radius 1 is 0.591 bits per heavy atom. The van der Waals surface area contributed by atoms with Gasteiger partial charge in [0.05, 0.1) is 0 Å². The van der Waals surface area contributed by atoms with Gasteiger partial charge >= 0.3 is 0 Å². The van der Waals surface area contributed by atoms with Crippen LogP contribution in [0.25, 0.3) is 6.08 Å². The molecule has 0 amide bonds. The highest BCUT2D eigenvalue weighted by atomic mass is 14.0. The monoisotopic (exact) mass is 294 g/mol. The lowest BCUT2D eigenvalue weighted by molar-refractivity contribution is 1.23. The van der Waals surface area contributed by atoms with Crippen LogP contribution in [0.15, 0.2) is 30.3 Å². The summed E-state index contributed by atoms with van der Waals surface area (Å²) in [5, 5.41) is 0. The molecule has 0 aliphatic rings. The van der Waals surface area contributed by atoms with E-state index in [1.165, 1.54) is 44.5 Å². The molecule has 0 unspecified atom stereocenters. The Balaban J connectivity index is 0.000000224. The van der Waals surface area contributed by atoms with Crippen LogP contribution >= 0.6 is 0 Å². The molecular weight excluding hydrogens is 264 g/mol. The van der Waals surface area contributed by atoms with Gasteiger partial charge < -0.3 is 0 Å². The first-order valence-corrected chi connectivity index (χ1v) is 8.01. The van der Waals surface area contributed by atoms with Crippen molar-refractivity contribution in [3.05, 3.63) is 74.8 Å². The number of hydrogen-bond donors (Lipinski definition) is 0. The summed E-state index contributed by atoms with van der Waals surface area (Å²) in [4.78, 5) is 0. The van der Waals surface area contributed by atoms with E-state index in [-0.39, 0.29) is 0 Å². The van der Waals surface area contributed by atoms with Gasteiger partial charge in [0, 0.05) is 0 Å². The van der Waals surface area contributed by atoms with Gasteiger partial charge in [0.25, 0.3) is 0 Å². The zero-order chi connectivity index (χ0) is 16.9. The minimum Gasteiger partial charge on any atom is -0.0871 e. The number of allylic oxidation sites excluding steroid dienone is 1. The van der Waals surface area contributed by atoms with Crippen LogP contribution in [0, 0.1) is 48.5 Å². The molecule has 0 heteroatoms. The lowest BCUT2D eigenvalue weighted by Gasteiger charge is -2.05. The van der Waals surface area contributed by atoms with E-state index in [0.29, 0.717) is 0 Å². The SMILES string of the molecule is C/C=C/c1cc(C)c(C)c(C)c1.Cc1cc(C)c(C)c(C)c1. The Morgan fingerprint density at radius 3 is 1.32 bits per heavy atom. The van der Waals surface area contributed by atoms with E-state index in [1.807, 2.05) is 6.92 Å². The number of benzene rings is 2. The Morgan fingerprint density at radius 2 is 0.955 bits per heavy atom. The number of rotatable bonds is 1. The maximum atomic E-state index is 2.22. The van der Waals surface area contributed by atoms with Crippen LogP contribution in [0.4, 0.5) is 0 Å². The van der Waals surface area contributed by atoms with Gasteiger partial charge in [0.15, 0.2) is 0 Å². The van der Waals surface area contributed by atoms with Crippen molar-refractivity contribution in [1.29, 1.82) is 0 Å². The van der Waals surface area contributed by atoms with E-state index in [4.69, 9.17) is 0 Å². The zero-order valence-corrected chi connectivity index (χ0v) is 15.5. The molecular formula is C22H30. The van der Waals surface area contributed by atoms with Crippen molar-refractivity contribution in [3.8, 4) is 0 Å². The molecule has 0 N–H and O–H groups in total. The molecule has 0 aliphatic carbocycles. The molecule has 118 valence electrons. The molecule has 0 atom stereocenters. The maximum absolute atomic E-state index is 2.22. The first-order chi connectivity index (χ1) is 10.3. The molecule has 2 rings (SSSR count). The van der Waals surface area contributed by atoms with E-state index in [9.17, 15) is 0 Å². The lowest BCUT2D eigenvalue weighted by atomic mass is 10.0. The molecule has 22 heavy (non-hydrogen) atoms. The summed E-state index contributed by atoms with van der Waals surface area (Å²) in [6.45, 7) is 17.2. The fraction of sp³-hybridized carbons (Fsp3) is 0.364. The van der Waals surface area contributed by atoms with E-state index in [0.717, 1.165) is 0 Å². The van der Waals surface area contributed by atoms with Gasteiger partial charge in [0.1, 0.15) is 0 Å². The van der Waals surface area contributed by atoms with Crippen LogP contribution in [0.1, 0.15) is 51.4 Å². The molecule has 0 aliphatic heterocycles. The predicted molar refractivity (Wildman–Crippen MR) is 101 cm³/mol. The predicted octanol–water partition coefficient (Wildman–Crippen LogP) is 6.57. The van der Waals surface area contributed by atoms with Gasteiger partial charge in [-0.1, -0.05) is 42.0 Å². The standard InChI is InChI=1S/C12H16.C10H14/c1-5-6-12-7-9(2)11(4)10(3)8-12;1-7-5-8(2)10(4)9(3)6-7/h5-8H,1-4H3;5-6H,1-4H3/b6-5+;. The minimum atomic E-state index is 1.30. The second-order valence-corrected chi connectivity index (χ2v) is 6.30. The second kappa shape index (κ2) is 7.98. The first-order valence-electron chi connectivity index (χ1n) is 8.01. The second-order valence-electron chi connectivity index (χ2n) is 6.30. The molecule has 0 bridgehead atoms. The quantitative estimate of drug-likeness (QED) is 0.558. The summed E-state index contributed by atoms with van der Waals surface area (Å²) in [5.41, 5.74) is 11.0. The zero-order valence-electron chi connectivity index (χ0n) is 15.5. The van der Waals surface area contributed by atoms with Gasteiger partial charge in [-0.3, -0.25) is 0 Å². The third kappa shape index (κ3) is 4.87. The third-order valence-electron chi connectivity index (χ3n) is 4.38. The number of hydrogen-bond acceptors (Lipinski definition) is 0. The van der Waals surface area contributed by atoms with Crippen molar-refractivity contribution < 1.29 is 0 Å². The van der Waals surface area contributed by atoms with Gasteiger partial charge in [0.2, 0.25) is 0 Å². The van der Waals surface area contributed by atoms with Crippen LogP contribution < -0.4 is 0 Å². The van der Waals surface area contributed by atoms with Crippen molar-refractivity contribution >= 4 is 6.08 Å². The topological polar surface area (TPSA) is 0 Å². The molecule has 0 aromatic heterocycles. The first kappa shape index (κ1) is 18.2. The Labute approximate surface area is 136 Å². The van der Waals surface area contributed by atoms with Crippen LogP contribution in [0.5, 0.6) is 0 Å². The molecule has 0 saturated carbocycles. The van der Waals surface area contributed by atoms with Crippen molar-refractivity contribution in [1.82, 2.24) is 0 Å². The highest BCUT2D eigenvalue weighted by Gasteiger charge is 1.97. The van der Waals surface area contributed by atoms with Gasteiger partial charge in [-0.2, -0.15) is 0 Å². The summed E-state index contributed by atoms with van der Waals surface area (Å²) >= 11 is 0. The average molecular weight is 294 g/mol. The number of aryl methyl sites for hydroxylation is 5. The molecule has 2 aromatic carbocycles. The summed E-state index contributed by atoms with van der Waals surface area (Å²) in [6.07, 6.45) is 4.21. The van der Waals surface area contributed by atoms with Crippen LogP contribution in [0.2, 0.25) is 0 Å². The Hall–Kier alpha value is -1.82. The summed E-state index contributed by atoms with van der Waals surface area (Å²) in [7, 11) is 0. The van der Waals surface area contributed by atoms with E-state index in [2.05, 4.69) is 84.9 Å². The highest BCUT2D eigenvalue weighted by molar-refractivity contribution is 5.53. The van der Waals surface area contributed by atoms with E-state index in [1.54, 1.807) is 0 Å². The third-order valence-corrected chi connectivity index (χ3v) is 4.38. The summed E-state index contributed by atoms with van der Waals surface area (Å²) in [5.74, 6) is 0. The van der Waals surface area contributed by atoms with Crippen LogP contribution in [-0.2, 0) is 0 Å². The minimum absolute atomic E-state index is 1.30. The fourth-order valence-electron chi connectivity index (χ4n) is 2.61. The maximum Gasteiger partial charge on any atom is -0.0254 e. The fourth-order valence-corrected chi connectivity index (χ4v) is 2.61. The Bertz CT molecular complexity index is 626. The average Bonchev–Trinajstić information content (AvgIpc) is 2.43. The van der Waals surface area contributed by atoms with Crippen molar-refractivity contribution in [3.63, 3.8) is 0 Å². The summed E-state index contributed by atoms with van der Waals surface area (Å²) < 4.78 is 0. The molecule has 0 spiro atoms. The molecule has 0 radical (unpaired) electrons. The molecule has 0 heterocycles. The van der Waals surface area contributed by atoms with Crippen molar-refractivity contribution in [2.45, 2.75) is 55.4 Å². The van der Waals surface area contributed by atoms with Gasteiger partial charge in [-0.25, -0.2) is 0 Å². The van der Waals surface area contributed by atoms with Crippen molar-refractivity contribution in [2.24, 2.45) is 0 Å². The highest BCUT2D eigenvalue weighted by Crippen LogP contribution is 2.16. The van der Waals surface area contributed by atoms with Crippen molar-refractivity contribution in [2.75, 3.05) is 0 Å². The van der Waals surface area contributed by atoms with Crippen LogP contribution in [0.3, 0.4) is 0 Å². The largest absolute Gasteiger partial charge is 0.0871 e. The van der Waals surface area contributed by atoms with Gasteiger partial charge in [-0.15, -0.1) is 0 Å². The smallest absolute Gasteiger partial charge is 0.0254 e. The van der Waals surface area contributed by atoms with E-state index >= 15 is 0 Å². The molecule has 0 fully saturated rings. The normalized spacial score (nSPS) is 10.5. The molecule has 2 aromatic rings. The molecule has 0 saturated heterocycles. The lowest BCUT2D eigenvalue weighted by Crippen LogP contribution is -1.87. The molecule has 0 nitrogen and oxygen atoms in total. The van der Waals surface area contributed by atoms with Crippen LogP contribution in [-0.4, -0.2) is 0 Å². The summed E-state index contributed by atoms with van der Waals surface area (Å²) in [6, 6.07) is 8.90. The Kier molecular flexibility index (Phi) is 6.61. The van der Waals surface area contributed by atoms with E-state index < -0.39 is 0 Å².